The van der Waals surface area contributed by atoms with Gasteiger partial charge in [-0.15, -0.1) is 0 Å². The van der Waals surface area contributed by atoms with Crippen LogP contribution in [0.3, 0.4) is 0 Å². The summed E-state index contributed by atoms with van der Waals surface area (Å²) in [7, 11) is 0. The van der Waals surface area contributed by atoms with Gasteiger partial charge in [0.1, 0.15) is 0 Å². The van der Waals surface area contributed by atoms with Crippen molar-refractivity contribution < 1.29 is 0 Å². The minimum absolute atomic E-state index is 0.567. The fourth-order valence-corrected chi connectivity index (χ4v) is 1.85. The van der Waals surface area contributed by atoms with Gasteiger partial charge in [-0.25, -0.2) is 4.98 Å². The monoisotopic (exact) mass is 215 g/mol. The lowest BCUT2D eigenvalue weighted by atomic mass is 10.0. The number of aryl methyl sites for hydroxylation is 3. The second-order valence-electron chi connectivity index (χ2n) is 4.28. The summed E-state index contributed by atoms with van der Waals surface area (Å²) < 4.78 is 1.96. The zero-order valence-corrected chi connectivity index (χ0v) is 9.99. The summed E-state index contributed by atoms with van der Waals surface area (Å²) in [6.07, 6.45) is 3.63. The Morgan fingerprint density at radius 2 is 1.81 bits per heavy atom. The first kappa shape index (κ1) is 10.7. The zero-order valence-electron chi connectivity index (χ0n) is 9.99. The molecule has 1 heterocycles. The lowest BCUT2D eigenvalue weighted by Crippen LogP contribution is -2.05. The Kier molecular flexibility index (Phi) is 2.69. The van der Waals surface area contributed by atoms with Crippen molar-refractivity contribution in [1.29, 1.82) is 0 Å². The molecule has 0 amide bonds. The highest BCUT2D eigenvalue weighted by Gasteiger charge is 2.04. The third-order valence-corrected chi connectivity index (χ3v) is 3.04. The van der Waals surface area contributed by atoms with Gasteiger partial charge in [-0.2, -0.15) is 0 Å². The summed E-state index contributed by atoms with van der Waals surface area (Å²) in [5.74, 6) is 0.567. The fraction of sp³-hybridized carbons (Fsp3) is 0.308. The molecule has 84 valence electrons. The van der Waals surface area contributed by atoms with Gasteiger partial charge in [0.15, 0.2) is 5.95 Å². The highest BCUT2D eigenvalue weighted by atomic mass is 15.1. The largest absolute Gasteiger partial charge is 0.369 e. The van der Waals surface area contributed by atoms with Crippen LogP contribution in [0.2, 0.25) is 0 Å². The van der Waals surface area contributed by atoms with E-state index in [-0.39, 0.29) is 0 Å². The molecule has 2 aromatic rings. The molecule has 0 spiro atoms. The summed E-state index contributed by atoms with van der Waals surface area (Å²) in [6, 6.07) is 4.45. The third kappa shape index (κ3) is 1.94. The quantitative estimate of drug-likeness (QED) is 0.836. The fourth-order valence-electron chi connectivity index (χ4n) is 1.85. The molecule has 0 aliphatic rings. The number of hydrogen-bond donors (Lipinski definition) is 1. The smallest absolute Gasteiger partial charge is 0.200 e. The summed E-state index contributed by atoms with van der Waals surface area (Å²) in [5.41, 5.74) is 11.0. The normalized spacial score (nSPS) is 10.7. The van der Waals surface area contributed by atoms with Crippen LogP contribution in [0, 0.1) is 20.8 Å². The molecule has 1 aromatic carbocycles. The van der Waals surface area contributed by atoms with Gasteiger partial charge in [-0.1, -0.05) is 12.1 Å². The minimum Gasteiger partial charge on any atom is -0.369 e. The number of nitrogens with zero attached hydrogens (tertiary/aromatic N) is 2. The number of imidazole rings is 1. The minimum atomic E-state index is 0.567. The molecule has 2 N–H and O–H groups in total. The molecule has 0 saturated carbocycles. The topological polar surface area (TPSA) is 43.8 Å². The molecular formula is C13H17N3. The first-order valence-corrected chi connectivity index (χ1v) is 5.41. The molecule has 0 radical (unpaired) electrons. The van der Waals surface area contributed by atoms with Crippen LogP contribution in [0.1, 0.15) is 22.3 Å². The van der Waals surface area contributed by atoms with Gasteiger partial charge in [0.2, 0.25) is 0 Å². The molecule has 0 aliphatic heterocycles. The Morgan fingerprint density at radius 1 is 1.12 bits per heavy atom. The van der Waals surface area contributed by atoms with Gasteiger partial charge < -0.3 is 10.3 Å². The van der Waals surface area contributed by atoms with Gasteiger partial charge in [-0.3, -0.25) is 0 Å². The van der Waals surface area contributed by atoms with Crippen LogP contribution in [0.25, 0.3) is 0 Å². The number of anilines is 1. The zero-order chi connectivity index (χ0) is 11.7. The SMILES string of the molecule is Cc1cc(C)c(Cn2ccnc2N)cc1C. The van der Waals surface area contributed by atoms with Gasteiger partial charge in [0, 0.05) is 12.4 Å². The van der Waals surface area contributed by atoms with Gasteiger partial charge in [-0.05, 0) is 43.0 Å². The number of benzene rings is 1. The van der Waals surface area contributed by atoms with E-state index in [4.69, 9.17) is 5.73 Å². The summed E-state index contributed by atoms with van der Waals surface area (Å²) in [6.45, 7) is 7.20. The van der Waals surface area contributed by atoms with Crippen molar-refractivity contribution in [3.8, 4) is 0 Å². The molecule has 0 bridgehead atoms. The Bertz CT molecular complexity index is 512. The van der Waals surface area contributed by atoms with E-state index in [0.717, 1.165) is 6.54 Å². The third-order valence-electron chi connectivity index (χ3n) is 3.04. The van der Waals surface area contributed by atoms with Crippen LogP contribution in [0.4, 0.5) is 5.95 Å². The first-order chi connectivity index (χ1) is 7.58. The van der Waals surface area contributed by atoms with E-state index in [0.29, 0.717) is 5.95 Å². The molecule has 1 aromatic heterocycles. The summed E-state index contributed by atoms with van der Waals surface area (Å²) >= 11 is 0. The van der Waals surface area contributed by atoms with Crippen LogP contribution in [-0.4, -0.2) is 9.55 Å². The summed E-state index contributed by atoms with van der Waals surface area (Å²) in [5, 5.41) is 0. The van der Waals surface area contributed by atoms with Crippen LogP contribution in [-0.2, 0) is 6.54 Å². The van der Waals surface area contributed by atoms with Crippen molar-refractivity contribution in [3.63, 3.8) is 0 Å². The maximum atomic E-state index is 5.76. The summed E-state index contributed by atoms with van der Waals surface area (Å²) in [4.78, 5) is 4.02. The first-order valence-electron chi connectivity index (χ1n) is 5.41. The van der Waals surface area contributed by atoms with E-state index in [1.165, 1.54) is 22.3 Å². The highest BCUT2D eigenvalue weighted by molar-refractivity contribution is 5.37. The van der Waals surface area contributed by atoms with Crippen molar-refractivity contribution >= 4 is 5.95 Å². The lowest BCUT2D eigenvalue weighted by Gasteiger charge is -2.11. The number of nitrogens with two attached hydrogens (primary N) is 1. The van der Waals surface area contributed by atoms with E-state index in [9.17, 15) is 0 Å². The molecule has 16 heavy (non-hydrogen) atoms. The number of rotatable bonds is 2. The van der Waals surface area contributed by atoms with E-state index in [1.54, 1.807) is 6.20 Å². The second kappa shape index (κ2) is 4.00. The van der Waals surface area contributed by atoms with E-state index in [1.807, 2.05) is 10.8 Å². The Morgan fingerprint density at radius 3 is 2.44 bits per heavy atom. The molecule has 3 heteroatoms. The average Bonchev–Trinajstić information content (AvgIpc) is 2.61. The van der Waals surface area contributed by atoms with Gasteiger partial charge >= 0.3 is 0 Å². The number of aromatic nitrogens is 2. The van der Waals surface area contributed by atoms with Crippen LogP contribution < -0.4 is 5.73 Å². The van der Waals surface area contributed by atoms with Crippen LogP contribution >= 0.6 is 0 Å². The molecule has 3 nitrogen and oxygen atoms in total. The molecule has 0 fully saturated rings. The van der Waals surface area contributed by atoms with Crippen molar-refractivity contribution in [1.82, 2.24) is 9.55 Å². The molecule has 2 rings (SSSR count). The predicted molar refractivity (Wildman–Crippen MR) is 66.4 cm³/mol. The maximum Gasteiger partial charge on any atom is 0.200 e. The lowest BCUT2D eigenvalue weighted by molar-refractivity contribution is 0.804. The van der Waals surface area contributed by atoms with Crippen molar-refractivity contribution in [2.45, 2.75) is 27.3 Å². The van der Waals surface area contributed by atoms with E-state index < -0.39 is 0 Å². The Labute approximate surface area is 95.9 Å². The van der Waals surface area contributed by atoms with E-state index in [2.05, 4.69) is 37.9 Å². The van der Waals surface area contributed by atoms with E-state index >= 15 is 0 Å². The Hall–Kier alpha value is -1.77. The molecular weight excluding hydrogens is 198 g/mol. The molecule has 0 unspecified atom stereocenters. The van der Waals surface area contributed by atoms with Crippen molar-refractivity contribution in [2.75, 3.05) is 5.73 Å². The highest BCUT2D eigenvalue weighted by Crippen LogP contribution is 2.17. The number of nitrogen functional groups attached to an aromatic ring is 1. The maximum absolute atomic E-state index is 5.76. The van der Waals surface area contributed by atoms with Crippen LogP contribution in [0.15, 0.2) is 24.5 Å². The van der Waals surface area contributed by atoms with Gasteiger partial charge in [0.05, 0.1) is 6.54 Å². The average molecular weight is 215 g/mol. The second-order valence-corrected chi connectivity index (χ2v) is 4.28. The standard InChI is InChI=1S/C13H17N3/c1-9-6-11(3)12(7-10(9)2)8-16-5-4-15-13(16)14/h4-7H,8H2,1-3H3,(H2,14,15). The molecule has 0 aliphatic carbocycles. The Balaban J connectivity index is 2.35. The van der Waals surface area contributed by atoms with Crippen molar-refractivity contribution in [3.05, 3.63) is 46.8 Å². The van der Waals surface area contributed by atoms with Gasteiger partial charge in [0.25, 0.3) is 0 Å². The van der Waals surface area contributed by atoms with Crippen LogP contribution in [0.5, 0.6) is 0 Å². The van der Waals surface area contributed by atoms with Crippen molar-refractivity contribution in [2.24, 2.45) is 0 Å². The number of hydrogen-bond acceptors (Lipinski definition) is 2. The predicted octanol–water partition coefficient (Wildman–Crippen LogP) is 2.44. The molecule has 0 saturated heterocycles. The molecule has 0 atom stereocenters.